The van der Waals surface area contributed by atoms with Gasteiger partial charge in [-0.25, -0.2) is 4.79 Å². The van der Waals surface area contributed by atoms with Crippen molar-refractivity contribution in [3.63, 3.8) is 0 Å². The first-order valence-corrected chi connectivity index (χ1v) is 58.1. The molecule has 0 bridgehead atoms. The molecule has 0 amide bonds. The fourth-order valence-corrected chi connectivity index (χ4v) is 323. The summed E-state index contributed by atoms with van der Waals surface area (Å²) in [5, 5.41) is 2.26. The number of carbonyl (C=O) groups excluding carboxylic acids is 1. The normalized spacial score (nSPS) is 15.3. The molecule has 0 spiro atoms. The molecule has 2 rings (SSSR count). The van der Waals surface area contributed by atoms with Crippen LogP contribution in [0.3, 0.4) is 0 Å². The molecule has 47 heavy (non-hydrogen) atoms. The smallest absolute Gasteiger partial charge is 0.338 e. The van der Waals surface area contributed by atoms with Gasteiger partial charge in [-0.15, -0.1) is 0 Å². The van der Waals surface area contributed by atoms with Crippen LogP contribution in [-0.4, -0.2) is 84.6 Å². The number of carbonyl (C=O) groups is 1. The first-order valence-electron chi connectivity index (χ1n) is 18.4. The van der Waals surface area contributed by atoms with Gasteiger partial charge in [0.15, 0.2) is 0 Å². The van der Waals surface area contributed by atoms with Crippen LogP contribution in [0.15, 0.2) is 42.5 Å². The van der Waals surface area contributed by atoms with E-state index in [-0.39, 0.29) is 5.97 Å². The molecule has 0 saturated heterocycles. The number of fused-ring (bicyclic) bond motifs is 1. The third-order valence-corrected chi connectivity index (χ3v) is 243. The Morgan fingerprint density at radius 2 is 0.872 bits per heavy atom. The van der Waals surface area contributed by atoms with Gasteiger partial charge in [0.05, 0.1) is 12.2 Å². The van der Waals surface area contributed by atoms with Gasteiger partial charge in [0.1, 0.15) is 0 Å². The highest BCUT2D eigenvalue weighted by atomic mass is 30.1. The Balaban J connectivity index is 2.33. The molecule has 0 aromatic heterocycles. The number of ether oxygens (including phenoxy) is 1. The molecule has 0 heterocycles. The van der Waals surface area contributed by atoms with Crippen molar-refractivity contribution < 1.29 is 9.53 Å². The van der Waals surface area contributed by atoms with Crippen molar-refractivity contribution in [2.24, 2.45) is 0 Å². The second kappa shape index (κ2) is 13.7. The van der Waals surface area contributed by atoms with Gasteiger partial charge in [-0.05, 0) is 29.3 Å². The van der Waals surface area contributed by atoms with Gasteiger partial charge in [0, 0.05) is 72.1 Å². The van der Waals surface area contributed by atoms with Gasteiger partial charge in [0.2, 0.25) is 0 Å². The van der Waals surface area contributed by atoms with Gasteiger partial charge >= 0.3 is 5.97 Å². The lowest BCUT2D eigenvalue weighted by molar-refractivity contribution is 0.0505. The Hall–Kier alpha value is 0.339. The molecule has 0 aliphatic heterocycles. The Morgan fingerprint density at radius 3 is 1.30 bits per heavy atom. The van der Waals surface area contributed by atoms with E-state index in [1.54, 1.807) is 0 Å². The molecule has 0 radical (unpaired) electrons. The summed E-state index contributed by atoms with van der Waals surface area (Å²) in [4.78, 5) is 13.0. The largest absolute Gasteiger partial charge is 0.462 e. The second-order valence-electron chi connectivity index (χ2n) is 20.9. The molecule has 2 aromatic rings. The Labute approximate surface area is 300 Å². The third kappa shape index (κ3) is 7.09. The highest BCUT2D eigenvalue weighted by Crippen LogP contribution is 2.48. The van der Waals surface area contributed by atoms with Crippen LogP contribution in [0.4, 0.5) is 0 Å². The maximum atomic E-state index is 13.0. The average Bonchev–Trinajstić information content (AvgIpc) is 2.93. The highest BCUT2D eigenvalue weighted by Gasteiger charge is 2.71. The number of rotatable bonds is 14. The predicted molar refractivity (Wildman–Crippen MR) is 244 cm³/mol. The molecule has 0 unspecified atom stereocenters. The lowest BCUT2D eigenvalue weighted by Gasteiger charge is -2.67. The topological polar surface area (TPSA) is 26.3 Å². The van der Waals surface area contributed by atoms with E-state index in [0.29, 0.717) is 12.2 Å². The van der Waals surface area contributed by atoms with Crippen molar-refractivity contribution >= 4 is 88.8 Å². The summed E-state index contributed by atoms with van der Waals surface area (Å²) in [5.41, 5.74) is 0.670. The van der Waals surface area contributed by atoms with Crippen LogP contribution >= 0.6 is 0 Å². The first-order chi connectivity index (χ1) is 20.7. The van der Waals surface area contributed by atoms with E-state index in [2.05, 4.69) is 150 Å². The van der Waals surface area contributed by atoms with Gasteiger partial charge in [-0.3, -0.25) is 0 Å². The van der Waals surface area contributed by atoms with Gasteiger partial charge in [-0.2, -0.15) is 0 Å². The summed E-state index contributed by atoms with van der Waals surface area (Å²) < 4.78 is 5.90. The summed E-state index contributed by atoms with van der Waals surface area (Å²) in [7, 11) is -14.4. The Kier molecular flexibility index (Phi) is 12.7. The molecule has 0 saturated carbocycles. The summed E-state index contributed by atoms with van der Waals surface area (Å²) >= 11 is 0. The standard InChI is InChI=1S/C35H76O2Si10/c1-38(2,3)40(6,7)42(10,11)44(14,15)46(18,19)47(20,21)45(16,17)43(12,13)41(8,9)39(4,5)30-24-29-37-35(36)34-28-27-32-25-22-23-26-33(32)31-34/h22-23,25-28,31H,24,29-30H2,1-21H3. The van der Waals surface area contributed by atoms with Crippen LogP contribution in [0.5, 0.6) is 0 Å². The minimum Gasteiger partial charge on any atom is -0.462 e. The second-order valence-corrected chi connectivity index (χ2v) is 136. The lowest BCUT2D eigenvalue weighted by atomic mass is 10.1. The lowest BCUT2D eigenvalue weighted by Crippen LogP contribution is -2.94. The summed E-state index contributed by atoms with van der Waals surface area (Å²) in [6.45, 7) is 60.9. The highest BCUT2D eigenvalue weighted by molar-refractivity contribution is 8.07. The van der Waals surface area contributed by atoms with Crippen LogP contribution in [0.2, 0.25) is 144 Å². The van der Waals surface area contributed by atoms with E-state index >= 15 is 0 Å². The maximum absolute atomic E-state index is 13.0. The molecule has 268 valence electrons. The SMILES string of the molecule is C[Si](C)(C)[Si](C)(C)[Si](C)(C)[Si](C)(C)[Si](C)(C)[Si](C)(C)[Si](C)(C)[Si](C)(C)[Si](C)(C)[Si](C)(C)CCCOC(=O)c1ccc2ccccc2c1. The van der Waals surface area contributed by atoms with Crippen molar-refractivity contribution in [3.05, 3.63) is 48.0 Å². The van der Waals surface area contributed by atoms with Gasteiger partial charge < -0.3 is 4.74 Å². The molecule has 2 nitrogen and oxygen atoms in total. The first kappa shape index (κ1) is 43.5. The zero-order valence-corrected chi connectivity index (χ0v) is 45.0. The van der Waals surface area contributed by atoms with Gasteiger partial charge in [0.25, 0.3) is 0 Å². The maximum Gasteiger partial charge on any atom is 0.338 e. The number of benzene rings is 2. The Morgan fingerprint density at radius 1 is 0.489 bits per heavy atom. The predicted octanol–water partition coefficient (Wildman–Crippen LogP) is 11.8. The molecule has 0 aliphatic carbocycles. The number of hydrogen-bond acceptors (Lipinski definition) is 2. The van der Waals surface area contributed by atoms with Crippen LogP contribution < -0.4 is 0 Å². The molecule has 2 aromatic carbocycles. The Bertz CT molecular complexity index is 1430. The quantitative estimate of drug-likeness (QED) is 0.108. The average molecular weight is 810 g/mol. The monoisotopic (exact) mass is 808 g/mol. The van der Waals surface area contributed by atoms with E-state index in [0.717, 1.165) is 17.2 Å². The summed E-state index contributed by atoms with van der Waals surface area (Å²) in [6, 6.07) is 15.4. The summed E-state index contributed by atoms with van der Waals surface area (Å²) in [5.74, 6) is -0.173. The molecule has 0 aliphatic rings. The molecule has 0 N–H and O–H groups in total. The minimum atomic E-state index is -1.53. The van der Waals surface area contributed by atoms with Crippen molar-refractivity contribution in [3.8, 4) is 0 Å². The molecule has 0 fully saturated rings. The molecular weight excluding hydrogens is 733 g/mol. The molecular formula is C35H76O2Si10. The van der Waals surface area contributed by atoms with Crippen LogP contribution in [-0.2, 0) is 4.74 Å². The summed E-state index contributed by atoms with van der Waals surface area (Å²) in [6.07, 6.45) is 1.01. The fourth-order valence-electron chi connectivity index (χ4n) is 8.86. The van der Waals surface area contributed by atoms with E-state index in [1.807, 2.05) is 30.3 Å². The number of esters is 1. The van der Waals surface area contributed by atoms with Crippen LogP contribution in [0.25, 0.3) is 10.8 Å². The van der Waals surface area contributed by atoms with Crippen molar-refractivity contribution in [2.75, 3.05) is 6.61 Å². The van der Waals surface area contributed by atoms with E-state index < -0.39 is 72.1 Å². The van der Waals surface area contributed by atoms with E-state index in [9.17, 15) is 4.79 Å². The zero-order valence-electron chi connectivity index (χ0n) is 35.0. The van der Waals surface area contributed by atoms with Crippen molar-refractivity contribution in [1.82, 2.24) is 0 Å². The third-order valence-electron chi connectivity index (χ3n) is 17.7. The fraction of sp³-hybridized carbons (Fsp3) is 0.686. The zero-order chi connectivity index (χ0) is 37.1. The van der Waals surface area contributed by atoms with E-state index in [1.165, 1.54) is 6.04 Å². The van der Waals surface area contributed by atoms with Crippen LogP contribution in [0.1, 0.15) is 16.8 Å². The van der Waals surface area contributed by atoms with Crippen molar-refractivity contribution in [1.29, 1.82) is 0 Å². The minimum absolute atomic E-state index is 0.173. The molecule has 0 atom stereocenters. The van der Waals surface area contributed by atoms with Gasteiger partial charge in [-0.1, -0.05) is 174 Å². The van der Waals surface area contributed by atoms with Crippen LogP contribution in [0, 0.1) is 0 Å². The molecule has 12 heteroatoms. The number of hydrogen-bond donors (Lipinski definition) is 0. The van der Waals surface area contributed by atoms with Crippen molar-refractivity contribution in [2.45, 2.75) is 150 Å². The van der Waals surface area contributed by atoms with E-state index in [4.69, 9.17) is 4.74 Å².